The maximum Gasteiger partial charge on any atom is 0.370 e. The van der Waals surface area contributed by atoms with Crippen molar-refractivity contribution in [1.82, 2.24) is 0 Å². The molecular formula is C9H18F2O3S. The third-order valence-corrected chi connectivity index (χ3v) is 3.16. The molecule has 0 aliphatic rings. The summed E-state index contributed by atoms with van der Waals surface area (Å²) in [6.45, 7) is 2.05. The Morgan fingerprint density at radius 3 is 2.00 bits per heavy atom. The summed E-state index contributed by atoms with van der Waals surface area (Å²) >= 11 is 0. The molecule has 0 saturated heterocycles. The first-order chi connectivity index (χ1) is 6.81. The topological polar surface area (TPSA) is 54.4 Å². The predicted molar refractivity (Wildman–Crippen MR) is 54.5 cm³/mol. The first kappa shape index (κ1) is 14.8. The first-order valence-electron chi connectivity index (χ1n) is 5.16. The van der Waals surface area contributed by atoms with Gasteiger partial charge in [-0.15, -0.1) is 0 Å². The summed E-state index contributed by atoms with van der Waals surface area (Å²) < 4.78 is 54.0. The lowest BCUT2D eigenvalue weighted by Crippen LogP contribution is -2.27. The molecule has 0 saturated carbocycles. The van der Waals surface area contributed by atoms with E-state index in [1.807, 2.05) is 6.92 Å². The minimum absolute atomic E-state index is 0.122. The molecule has 0 radical (unpaired) electrons. The monoisotopic (exact) mass is 244 g/mol. The molecule has 3 nitrogen and oxygen atoms in total. The van der Waals surface area contributed by atoms with Gasteiger partial charge in [0.1, 0.15) is 0 Å². The largest absolute Gasteiger partial charge is 0.370 e. The second kappa shape index (κ2) is 6.37. The third kappa shape index (κ3) is 6.04. The van der Waals surface area contributed by atoms with Crippen molar-refractivity contribution in [3.63, 3.8) is 0 Å². The van der Waals surface area contributed by atoms with Crippen LogP contribution in [0.2, 0.25) is 0 Å². The van der Waals surface area contributed by atoms with Crippen molar-refractivity contribution in [2.45, 2.75) is 57.1 Å². The summed E-state index contributed by atoms with van der Waals surface area (Å²) in [6.07, 6.45) is 3.85. The highest BCUT2D eigenvalue weighted by Gasteiger charge is 2.42. The van der Waals surface area contributed by atoms with E-state index >= 15 is 0 Å². The molecule has 0 aromatic rings. The lowest BCUT2D eigenvalue weighted by Gasteiger charge is -2.11. The minimum Gasteiger partial charge on any atom is -0.281 e. The molecule has 1 N–H and O–H groups in total. The quantitative estimate of drug-likeness (QED) is 0.527. The Balaban J connectivity index is 3.68. The van der Waals surface area contributed by atoms with Gasteiger partial charge in [-0.05, 0) is 6.42 Å². The molecule has 0 aromatic heterocycles. The first-order valence-corrected chi connectivity index (χ1v) is 6.60. The maximum absolute atomic E-state index is 12.7. The van der Waals surface area contributed by atoms with Gasteiger partial charge in [-0.2, -0.15) is 17.2 Å². The zero-order chi connectivity index (χ0) is 11.9. The Morgan fingerprint density at radius 1 is 1.07 bits per heavy atom. The molecule has 0 amide bonds. The van der Waals surface area contributed by atoms with Gasteiger partial charge < -0.3 is 0 Å². The molecule has 92 valence electrons. The van der Waals surface area contributed by atoms with Crippen LogP contribution in [0.15, 0.2) is 0 Å². The Bertz CT molecular complexity index is 263. The van der Waals surface area contributed by atoms with Crippen LogP contribution < -0.4 is 0 Å². The van der Waals surface area contributed by atoms with Crippen LogP contribution >= 0.6 is 0 Å². The molecule has 0 aromatic carbocycles. The lowest BCUT2D eigenvalue weighted by molar-refractivity contribution is 0.0683. The Kier molecular flexibility index (Phi) is 6.28. The number of halogens is 2. The highest BCUT2D eigenvalue weighted by Crippen LogP contribution is 2.27. The number of unbranched alkanes of at least 4 members (excludes halogenated alkanes) is 5. The SMILES string of the molecule is CCCCCCCCC(F)(F)S(=O)(=O)O. The molecule has 0 aliphatic heterocycles. The Hall–Kier alpha value is -0.230. The predicted octanol–water partition coefficient (Wildman–Crippen LogP) is 3.22. The van der Waals surface area contributed by atoms with Crippen LogP contribution in [-0.4, -0.2) is 18.2 Å². The van der Waals surface area contributed by atoms with Gasteiger partial charge in [-0.1, -0.05) is 39.0 Å². The van der Waals surface area contributed by atoms with E-state index in [9.17, 15) is 17.2 Å². The number of hydrogen-bond acceptors (Lipinski definition) is 2. The van der Waals surface area contributed by atoms with Crippen molar-refractivity contribution in [3.8, 4) is 0 Å². The van der Waals surface area contributed by atoms with Crippen LogP contribution in [0.4, 0.5) is 8.78 Å². The van der Waals surface area contributed by atoms with E-state index in [0.29, 0.717) is 6.42 Å². The molecule has 0 aliphatic carbocycles. The van der Waals surface area contributed by atoms with E-state index in [1.165, 1.54) is 0 Å². The van der Waals surface area contributed by atoms with Crippen molar-refractivity contribution in [1.29, 1.82) is 0 Å². The van der Waals surface area contributed by atoms with Crippen LogP contribution in [0.1, 0.15) is 51.9 Å². The van der Waals surface area contributed by atoms with Gasteiger partial charge in [0.05, 0.1) is 0 Å². The van der Waals surface area contributed by atoms with Gasteiger partial charge in [0.25, 0.3) is 0 Å². The van der Waals surface area contributed by atoms with Gasteiger partial charge in [0.15, 0.2) is 0 Å². The van der Waals surface area contributed by atoms with Gasteiger partial charge in [-0.25, -0.2) is 0 Å². The van der Waals surface area contributed by atoms with Crippen molar-refractivity contribution in [3.05, 3.63) is 0 Å². The van der Waals surface area contributed by atoms with Crippen LogP contribution in [0.3, 0.4) is 0 Å². The average molecular weight is 244 g/mol. The van der Waals surface area contributed by atoms with E-state index in [1.54, 1.807) is 0 Å². The zero-order valence-corrected chi connectivity index (χ0v) is 9.69. The van der Waals surface area contributed by atoms with Gasteiger partial charge in [0, 0.05) is 6.42 Å². The molecule has 0 heterocycles. The number of rotatable bonds is 8. The summed E-state index contributed by atoms with van der Waals surface area (Å²) in [5, 5.41) is -3.99. The number of alkyl halides is 2. The van der Waals surface area contributed by atoms with E-state index < -0.39 is 21.8 Å². The standard InChI is InChI=1S/C9H18F2O3S/c1-2-3-4-5-6-7-8-9(10,11)15(12,13)14/h2-8H2,1H3,(H,12,13,14). The Labute approximate surface area is 89.6 Å². The normalized spacial score (nSPS) is 13.1. The summed E-state index contributed by atoms with van der Waals surface area (Å²) in [4.78, 5) is 0. The van der Waals surface area contributed by atoms with E-state index in [4.69, 9.17) is 4.55 Å². The fourth-order valence-electron chi connectivity index (χ4n) is 1.24. The molecule has 0 spiro atoms. The second-order valence-electron chi connectivity index (χ2n) is 3.63. The maximum atomic E-state index is 12.7. The third-order valence-electron chi connectivity index (χ3n) is 2.20. The molecule has 0 unspecified atom stereocenters. The zero-order valence-electron chi connectivity index (χ0n) is 8.88. The highest BCUT2D eigenvalue weighted by atomic mass is 32.2. The molecule has 0 bridgehead atoms. The summed E-state index contributed by atoms with van der Waals surface area (Å²) in [5.74, 6) is 0. The summed E-state index contributed by atoms with van der Waals surface area (Å²) in [6, 6.07) is 0. The second-order valence-corrected chi connectivity index (χ2v) is 5.18. The summed E-state index contributed by atoms with van der Waals surface area (Å²) in [5.41, 5.74) is 0. The van der Waals surface area contributed by atoms with Crippen LogP contribution in [0, 0.1) is 0 Å². The lowest BCUT2D eigenvalue weighted by atomic mass is 10.1. The van der Waals surface area contributed by atoms with E-state index in [2.05, 4.69) is 0 Å². The fraction of sp³-hybridized carbons (Fsp3) is 1.00. The molecular weight excluding hydrogens is 226 g/mol. The molecule has 6 heteroatoms. The molecule has 0 rings (SSSR count). The van der Waals surface area contributed by atoms with Gasteiger partial charge in [-0.3, -0.25) is 4.55 Å². The van der Waals surface area contributed by atoms with Gasteiger partial charge >= 0.3 is 15.4 Å². The molecule has 0 atom stereocenters. The van der Waals surface area contributed by atoms with Crippen LogP contribution in [-0.2, 0) is 10.1 Å². The van der Waals surface area contributed by atoms with E-state index in [-0.39, 0.29) is 6.42 Å². The fourth-order valence-corrected chi connectivity index (χ4v) is 1.64. The number of hydrogen-bond donors (Lipinski definition) is 1. The van der Waals surface area contributed by atoms with E-state index in [0.717, 1.165) is 25.7 Å². The summed E-state index contributed by atoms with van der Waals surface area (Å²) in [7, 11) is -5.23. The minimum atomic E-state index is -5.23. The highest BCUT2D eigenvalue weighted by molar-refractivity contribution is 7.86. The van der Waals surface area contributed by atoms with Crippen LogP contribution in [0.5, 0.6) is 0 Å². The van der Waals surface area contributed by atoms with Crippen molar-refractivity contribution in [2.24, 2.45) is 0 Å². The molecule has 0 fully saturated rings. The molecule has 15 heavy (non-hydrogen) atoms. The average Bonchev–Trinajstić information content (AvgIpc) is 2.09. The Morgan fingerprint density at radius 2 is 1.53 bits per heavy atom. The van der Waals surface area contributed by atoms with Gasteiger partial charge in [0.2, 0.25) is 0 Å². The van der Waals surface area contributed by atoms with Crippen molar-refractivity contribution < 1.29 is 21.8 Å². The van der Waals surface area contributed by atoms with Crippen molar-refractivity contribution in [2.75, 3.05) is 0 Å². The smallest absolute Gasteiger partial charge is 0.281 e. The van der Waals surface area contributed by atoms with Crippen molar-refractivity contribution >= 4 is 10.1 Å². The van der Waals surface area contributed by atoms with Crippen LogP contribution in [0.25, 0.3) is 0 Å².